The molecule has 0 aromatic heterocycles. The first-order valence-corrected chi connectivity index (χ1v) is 14.7. The fraction of sp³-hybridized carbons (Fsp3) is 0.900. The molecule has 0 aliphatic heterocycles. The molecule has 0 aromatic carbocycles. The number of rotatable bonds is 8. The molecule has 0 radical (unpaired) electrons. The summed E-state index contributed by atoms with van der Waals surface area (Å²) in [6.07, 6.45) is 9.71. The highest BCUT2D eigenvalue weighted by Gasteiger charge is 2.63. The van der Waals surface area contributed by atoms with Crippen molar-refractivity contribution in [2.75, 3.05) is 13.7 Å². The van der Waals surface area contributed by atoms with Crippen molar-refractivity contribution in [2.45, 2.75) is 111 Å². The Morgan fingerprint density at radius 3 is 2.41 bits per heavy atom. The normalized spacial score (nSPS) is 41.5. The lowest BCUT2D eigenvalue weighted by Gasteiger charge is -2.62. The third-order valence-electron chi connectivity index (χ3n) is 11.4. The van der Waals surface area contributed by atoms with Crippen LogP contribution in [0.3, 0.4) is 0 Å². The minimum atomic E-state index is -0.309. The second-order valence-corrected chi connectivity index (χ2v) is 13.2. The first-order valence-electron chi connectivity index (χ1n) is 14.7. The predicted molar refractivity (Wildman–Crippen MR) is 140 cm³/mol. The highest BCUT2D eigenvalue weighted by Crippen LogP contribution is 2.68. The number of esters is 2. The second kappa shape index (κ2) is 11.2. The van der Waals surface area contributed by atoms with Gasteiger partial charge in [0.05, 0.1) is 19.6 Å². The van der Waals surface area contributed by atoms with Gasteiger partial charge < -0.3 is 19.9 Å². The molecule has 0 saturated heterocycles. The molecule has 0 bridgehead atoms. The Hall–Kier alpha value is -1.63. The fourth-order valence-electron chi connectivity index (χ4n) is 9.55. The first kappa shape index (κ1) is 28.4. The average Bonchev–Trinajstić information content (AvgIpc) is 3.20. The van der Waals surface area contributed by atoms with Gasteiger partial charge >= 0.3 is 11.9 Å². The number of carbonyl (C=O) groups excluding carboxylic acids is 3. The number of aliphatic hydroxyl groups is 1. The van der Waals surface area contributed by atoms with E-state index in [4.69, 9.17) is 4.74 Å². The Balaban J connectivity index is 1.37. The number of carbonyl (C=O) groups is 3. The van der Waals surface area contributed by atoms with Gasteiger partial charge in [-0.25, -0.2) is 0 Å². The van der Waals surface area contributed by atoms with Crippen LogP contribution in [0.2, 0.25) is 0 Å². The van der Waals surface area contributed by atoms with Gasteiger partial charge in [-0.15, -0.1) is 0 Å². The van der Waals surface area contributed by atoms with Crippen LogP contribution in [0.5, 0.6) is 0 Å². The summed E-state index contributed by atoms with van der Waals surface area (Å²) in [5, 5.41) is 14.4. The van der Waals surface area contributed by atoms with Crippen molar-refractivity contribution in [3.8, 4) is 0 Å². The van der Waals surface area contributed by atoms with Crippen LogP contribution in [0.4, 0.5) is 0 Å². The Morgan fingerprint density at radius 2 is 1.70 bits per heavy atom. The smallest absolute Gasteiger partial charge is 0.307 e. The summed E-state index contributed by atoms with van der Waals surface area (Å²) < 4.78 is 10.2. The molecule has 0 heterocycles. The largest absolute Gasteiger partial charge is 0.469 e. The van der Waals surface area contributed by atoms with E-state index in [1.165, 1.54) is 33.3 Å². The van der Waals surface area contributed by atoms with Gasteiger partial charge in [0.15, 0.2) is 0 Å². The van der Waals surface area contributed by atoms with Gasteiger partial charge in [0.1, 0.15) is 6.10 Å². The summed E-state index contributed by atoms with van der Waals surface area (Å²) in [4.78, 5) is 35.2. The van der Waals surface area contributed by atoms with Gasteiger partial charge in [0, 0.05) is 19.9 Å². The Bertz CT molecular complexity index is 861. The summed E-state index contributed by atoms with van der Waals surface area (Å²) in [7, 11) is 1.36. The second-order valence-electron chi connectivity index (χ2n) is 13.2. The lowest BCUT2D eigenvalue weighted by molar-refractivity contribution is -0.182. The zero-order chi connectivity index (χ0) is 27.0. The SMILES string of the molecule is COC(=O)CCNC(=O)CC[C@@H](C)[C@H]1CCC2[C@H]3C(CC[C@@]21C)[C@@]1(C)CC[C@@H](OC(C)=O)C[C@H]1C[C@H]3O. The number of nitrogens with one attached hydrogen (secondary N) is 1. The Morgan fingerprint density at radius 1 is 1.00 bits per heavy atom. The number of hydrogen-bond donors (Lipinski definition) is 2. The van der Waals surface area contributed by atoms with E-state index in [2.05, 4.69) is 30.8 Å². The topological polar surface area (TPSA) is 102 Å². The van der Waals surface area contributed by atoms with Gasteiger partial charge in [-0.05, 0) is 104 Å². The predicted octanol–water partition coefficient (Wildman–Crippen LogP) is 4.64. The van der Waals surface area contributed by atoms with Crippen LogP contribution in [0.25, 0.3) is 0 Å². The van der Waals surface area contributed by atoms with Crippen molar-refractivity contribution in [1.82, 2.24) is 5.32 Å². The van der Waals surface area contributed by atoms with Gasteiger partial charge in [-0.3, -0.25) is 14.4 Å². The van der Waals surface area contributed by atoms with Crippen LogP contribution in [0.15, 0.2) is 0 Å². The lowest BCUT2D eigenvalue weighted by atomic mass is 9.43. The van der Waals surface area contributed by atoms with E-state index in [9.17, 15) is 19.5 Å². The van der Waals surface area contributed by atoms with E-state index in [-0.39, 0.29) is 47.3 Å². The highest BCUT2D eigenvalue weighted by molar-refractivity contribution is 5.77. The molecule has 2 unspecified atom stereocenters. The van der Waals surface area contributed by atoms with Gasteiger partial charge in [-0.2, -0.15) is 0 Å². The van der Waals surface area contributed by atoms with Crippen molar-refractivity contribution in [1.29, 1.82) is 0 Å². The molecule has 10 atom stereocenters. The molecule has 4 aliphatic carbocycles. The zero-order valence-corrected chi connectivity index (χ0v) is 23.6. The van der Waals surface area contributed by atoms with Crippen LogP contribution in [0.1, 0.15) is 98.3 Å². The van der Waals surface area contributed by atoms with E-state index in [0.29, 0.717) is 48.5 Å². The summed E-state index contributed by atoms with van der Waals surface area (Å²) in [6, 6.07) is 0. The van der Waals surface area contributed by atoms with Crippen molar-refractivity contribution >= 4 is 17.8 Å². The molecule has 7 heteroatoms. The molecule has 4 rings (SSSR count). The van der Waals surface area contributed by atoms with Crippen LogP contribution in [0, 0.1) is 46.3 Å². The molecular formula is C30H49NO6. The van der Waals surface area contributed by atoms with Crippen LogP contribution in [-0.4, -0.2) is 48.8 Å². The van der Waals surface area contributed by atoms with Crippen LogP contribution < -0.4 is 5.32 Å². The lowest BCUT2D eigenvalue weighted by Crippen LogP contribution is -2.58. The number of hydrogen-bond acceptors (Lipinski definition) is 6. The summed E-state index contributed by atoms with van der Waals surface area (Å²) in [5.74, 6) is 2.35. The Labute approximate surface area is 222 Å². The minimum absolute atomic E-state index is 0.00237. The van der Waals surface area contributed by atoms with Crippen LogP contribution in [-0.2, 0) is 23.9 Å². The van der Waals surface area contributed by atoms with E-state index in [0.717, 1.165) is 38.5 Å². The molecule has 210 valence electrons. The standard InChI is InChI=1S/C30H49NO6/c1-18(6-9-26(34)31-15-12-27(35)36-5)22-7-8-23-28-24(11-14-30(22,23)4)29(3)13-10-21(37-19(2)32)16-20(29)17-25(28)33/h18,20-25,28,33H,6-17H2,1-5H3,(H,31,34)/t18-,20+,21-,22-,23?,24?,25-,28+,29+,30-/m1/s1. The van der Waals surface area contributed by atoms with Gasteiger partial charge in [0.2, 0.25) is 5.91 Å². The molecule has 2 N–H and O–H groups in total. The molecule has 1 amide bonds. The number of amides is 1. The maximum atomic E-state index is 12.4. The van der Waals surface area contributed by atoms with E-state index in [1.54, 1.807) is 0 Å². The highest BCUT2D eigenvalue weighted by atomic mass is 16.5. The summed E-state index contributed by atoms with van der Waals surface area (Å²) in [6.45, 7) is 9.05. The number of aliphatic hydroxyl groups excluding tert-OH is 1. The van der Waals surface area contributed by atoms with Gasteiger partial charge in [-0.1, -0.05) is 20.8 Å². The monoisotopic (exact) mass is 519 g/mol. The average molecular weight is 520 g/mol. The maximum absolute atomic E-state index is 12.4. The zero-order valence-electron chi connectivity index (χ0n) is 23.6. The molecule has 4 aliphatic rings. The van der Waals surface area contributed by atoms with Crippen molar-refractivity contribution in [2.24, 2.45) is 46.3 Å². The van der Waals surface area contributed by atoms with E-state index >= 15 is 0 Å². The number of methoxy groups -OCH3 is 1. The maximum Gasteiger partial charge on any atom is 0.307 e. The van der Waals surface area contributed by atoms with E-state index < -0.39 is 0 Å². The fourth-order valence-corrected chi connectivity index (χ4v) is 9.55. The van der Waals surface area contributed by atoms with Crippen molar-refractivity contribution in [3.63, 3.8) is 0 Å². The molecule has 4 saturated carbocycles. The first-order chi connectivity index (χ1) is 17.5. The molecule has 0 spiro atoms. The summed E-state index contributed by atoms with van der Waals surface area (Å²) in [5.41, 5.74) is 0.426. The number of ether oxygens (including phenoxy) is 2. The quantitative estimate of drug-likeness (QED) is 0.453. The third kappa shape index (κ3) is 5.58. The Kier molecular flexibility index (Phi) is 8.62. The van der Waals surface area contributed by atoms with Crippen molar-refractivity contribution in [3.05, 3.63) is 0 Å². The molecule has 0 aromatic rings. The molecular weight excluding hydrogens is 470 g/mol. The number of fused-ring (bicyclic) bond motifs is 5. The van der Waals surface area contributed by atoms with Gasteiger partial charge in [0.25, 0.3) is 0 Å². The van der Waals surface area contributed by atoms with E-state index in [1.807, 2.05) is 0 Å². The molecule has 37 heavy (non-hydrogen) atoms. The molecule has 7 nitrogen and oxygen atoms in total. The summed E-state index contributed by atoms with van der Waals surface area (Å²) >= 11 is 0. The third-order valence-corrected chi connectivity index (χ3v) is 11.4. The van der Waals surface area contributed by atoms with Crippen molar-refractivity contribution < 1.29 is 29.0 Å². The minimum Gasteiger partial charge on any atom is -0.469 e. The molecule has 4 fully saturated rings. The van der Waals surface area contributed by atoms with Crippen LogP contribution >= 0.6 is 0 Å².